The summed E-state index contributed by atoms with van der Waals surface area (Å²) in [6, 6.07) is 9.48. The Kier molecular flexibility index (Phi) is 7.08. The van der Waals surface area contributed by atoms with Crippen LogP contribution >= 0.6 is 0 Å². The van der Waals surface area contributed by atoms with E-state index in [1.807, 2.05) is 31.2 Å². The molecule has 0 atom stereocenters. The molecule has 0 bridgehead atoms. The molecule has 1 amide bonds. The summed E-state index contributed by atoms with van der Waals surface area (Å²) < 4.78 is 5.42. The summed E-state index contributed by atoms with van der Waals surface area (Å²) in [6.45, 7) is 5.44. The highest BCUT2D eigenvalue weighted by atomic mass is 16.5. The van der Waals surface area contributed by atoms with E-state index in [0.717, 1.165) is 36.4 Å². The molecule has 0 radical (unpaired) electrons. The number of nitrogens with zero attached hydrogens (tertiary/aromatic N) is 1. The molecule has 5 nitrogen and oxygen atoms in total. The number of amides is 1. The Morgan fingerprint density at radius 2 is 1.88 bits per heavy atom. The molecule has 0 saturated heterocycles. The summed E-state index contributed by atoms with van der Waals surface area (Å²) in [4.78, 5) is 16.3. The van der Waals surface area contributed by atoms with E-state index in [1.54, 1.807) is 18.5 Å². The van der Waals surface area contributed by atoms with Crippen molar-refractivity contribution in [3.05, 3.63) is 48.3 Å². The topological polar surface area (TPSA) is 63.2 Å². The number of carbonyl (C=O) groups is 1. The second-order valence-electron chi connectivity index (χ2n) is 5.51. The van der Waals surface area contributed by atoms with E-state index < -0.39 is 0 Å². The smallest absolute Gasteiger partial charge is 0.252 e. The summed E-state index contributed by atoms with van der Waals surface area (Å²) in [5.74, 6) is 0.746. The zero-order valence-electron chi connectivity index (χ0n) is 14.3. The van der Waals surface area contributed by atoms with Crippen molar-refractivity contribution in [3.8, 4) is 5.75 Å². The fraction of sp³-hybridized carbons (Fsp3) is 0.368. The van der Waals surface area contributed by atoms with Gasteiger partial charge in [-0.2, -0.15) is 0 Å². The Morgan fingerprint density at radius 1 is 1.08 bits per heavy atom. The molecule has 2 N–H and O–H groups in total. The monoisotopic (exact) mass is 327 g/mol. The summed E-state index contributed by atoms with van der Waals surface area (Å²) in [5, 5.41) is 6.17. The third-order valence-electron chi connectivity index (χ3n) is 3.52. The molecule has 1 aromatic heterocycles. The number of benzene rings is 1. The molecule has 0 aliphatic heterocycles. The van der Waals surface area contributed by atoms with Crippen LogP contribution in [0.15, 0.2) is 42.7 Å². The zero-order valence-corrected chi connectivity index (χ0v) is 14.3. The lowest BCUT2D eigenvalue weighted by atomic mass is 10.2. The molecule has 1 aromatic carbocycles. The van der Waals surface area contributed by atoms with Gasteiger partial charge in [0.25, 0.3) is 5.91 Å². The van der Waals surface area contributed by atoms with Crippen LogP contribution in [-0.4, -0.2) is 24.0 Å². The second kappa shape index (κ2) is 9.55. The number of hydrogen-bond donors (Lipinski definition) is 2. The van der Waals surface area contributed by atoms with Crippen molar-refractivity contribution in [1.29, 1.82) is 0 Å². The lowest BCUT2D eigenvalue weighted by Gasteiger charge is -2.09. The van der Waals surface area contributed by atoms with Crippen LogP contribution in [0.2, 0.25) is 0 Å². The average Bonchev–Trinajstić information content (AvgIpc) is 2.61. The molecule has 0 aliphatic rings. The van der Waals surface area contributed by atoms with E-state index in [9.17, 15) is 4.79 Å². The zero-order chi connectivity index (χ0) is 17.2. The molecule has 0 spiro atoms. The first-order valence-electron chi connectivity index (χ1n) is 8.46. The quantitative estimate of drug-likeness (QED) is 0.679. The number of anilines is 2. The van der Waals surface area contributed by atoms with Crippen LogP contribution in [0.4, 0.5) is 11.4 Å². The van der Waals surface area contributed by atoms with Gasteiger partial charge in [-0.05, 0) is 43.7 Å². The molecule has 0 saturated carbocycles. The number of rotatable bonds is 9. The first kappa shape index (κ1) is 17.8. The molecule has 2 rings (SSSR count). The van der Waals surface area contributed by atoms with E-state index in [0.29, 0.717) is 18.7 Å². The van der Waals surface area contributed by atoms with Crippen molar-refractivity contribution in [1.82, 2.24) is 10.3 Å². The number of hydrogen-bond acceptors (Lipinski definition) is 4. The van der Waals surface area contributed by atoms with Crippen LogP contribution in [-0.2, 0) is 0 Å². The number of carbonyl (C=O) groups excluding carboxylic acids is 1. The minimum Gasteiger partial charge on any atom is -0.494 e. The Balaban J connectivity index is 1.95. The largest absolute Gasteiger partial charge is 0.494 e. The highest BCUT2D eigenvalue weighted by molar-refractivity contribution is 5.94. The molecule has 24 heavy (non-hydrogen) atoms. The highest BCUT2D eigenvalue weighted by Crippen LogP contribution is 2.20. The molecule has 5 heteroatoms. The molecule has 2 aromatic rings. The predicted molar refractivity (Wildman–Crippen MR) is 97.0 cm³/mol. The minimum absolute atomic E-state index is 0.0889. The third-order valence-corrected chi connectivity index (χ3v) is 3.52. The van der Waals surface area contributed by atoms with Crippen molar-refractivity contribution in [3.63, 3.8) is 0 Å². The van der Waals surface area contributed by atoms with Gasteiger partial charge >= 0.3 is 0 Å². The van der Waals surface area contributed by atoms with Gasteiger partial charge in [0.15, 0.2) is 0 Å². The highest BCUT2D eigenvalue weighted by Gasteiger charge is 2.06. The fourth-order valence-corrected chi connectivity index (χ4v) is 2.28. The van der Waals surface area contributed by atoms with Gasteiger partial charge in [-0.1, -0.05) is 19.8 Å². The lowest BCUT2D eigenvalue weighted by molar-refractivity contribution is 0.0952. The van der Waals surface area contributed by atoms with Gasteiger partial charge in [0, 0.05) is 18.4 Å². The Morgan fingerprint density at radius 3 is 2.58 bits per heavy atom. The fourth-order valence-electron chi connectivity index (χ4n) is 2.28. The SMILES string of the molecule is CCCCCNC(=O)c1cncc(Nc2ccc(OCC)cc2)c1. The van der Waals surface area contributed by atoms with Crippen molar-refractivity contribution in [2.24, 2.45) is 0 Å². The lowest BCUT2D eigenvalue weighted by Crippen LogP contribution is -2.24. The minimum atomic E-state index is -0.0889. The molecule has 0 aliphatic carbocycles. The number of unbranched alkanes of at least 4 members (excludes halogenated alkanes) is 2. The van der Waals surface area contributed by atoms with Crippen LogP contribution in [0.3, 0.4) is 0 Å². The van der Waals surface area contributed by atoms with E-state index in [4.69, 9.17) is 4.74 Å². The Bertz CT molecular complexity index is 641. The Hall–Kier alpha value is -2.56. The number of ether oxygens (including phenoxy) is 1. The van der Waals surface area contributed by atoms with Gasteiger partial charge in [-0.15, -0.1) is 0 Å². The number of pyridine rings is 1. The standard InChI is InChI=1S/C19H25N3O2/c1-3-5-6-11-21-19(23)15-12-17(14-20-13-15)22-16-7-9-18(10-8-16)24-4-2/h7-10,12-14,22H,3-6,11H2,1-2H3,(H,21,23). The van der Waals surface area contributed by atoms with Crippen LogP contribution in [0, 0.1) is 0 Å². The maximum absolute atomic E-state index is 12.1. The van der Waals surface area contributed by atoms with Crippen molar-refractivity contribution in [2.75, 3.05) is 18.5 Å². The molecular formula is C19H25N3O2. The van der Waals surface area contributed by atoms with E-state index in [1.165, 1.54) is 0 Å². The van der Waals surface area contributed by atoms with Gasteiger partial charge in [0.2, 0.25) is 0 Å². The van der Waals surface area contributed by atoms with Crippen molar-refractivity contribution in [2.45, 2.75) is 33.1 Å². The van der Waals surface area contributed by atoms with E-state index in [-0.39, 0.29) is 5.91 Å². The van der Waals surface area contributed by atoms with E-state index in [2.05, 4.69) is 22.5 Å². The van der Waals surface area contributed by atoms with Gasteiger partial charge < -0.3 is 15.4 Å². The van der Waals surface area contributed by atoms with Crippen LogP contribution in [0.5, 0.6) is 5.75 Å². The van der Waals surface area contributed by atoms with Crippen LogP contribution in [0.1, 0.15) is 43.5 Å². The number of nitrogens with one attached hydrogen (secondary N) is 2. The average molecular weight is 327 g/mol. The maximum Gasteiger partial charge on any atom is 0.252 e. The molecule has 0 fully saturated rings. The third kappa shape index (κ3) is 5.57. The molecule has 1 heterocycles. The molecular weight excluding hydrogens is 302 g/mol. The first-order chi connectivity index (χ1) is 11.7. The van der Waals surface area contributed by atoms with Gasteiger partial charge in [0.05, 0.1) is 24.1 Å². The maximum atomic E-state index is 12.1. The van der Waals surface area contributed by atoms with Gasteiger partial charge in [-0.3, -0.25) is 9.78 Å². The van der Waals surface area contributed by atoms with Crippen molar-refractivity contribution >= 4 is 17.3 Å². The second-order valence-corrected chi connectivity index (χ2v) is 5.51. The summed E-state index contributed by atoms with van der Waals surface area (Å²) in [7, 11) is 0. The first-order valence-corrected chi connectivity index (χ1v) is 8.46. The van der Waals surface area contributed by atoms with Crippen molar-refractivity contribution < 1.29 is 9.53 Å². The van der Waals surface area contributed by atoms with Crippen LogP contribution in [0.25, 0.3) is 0 Å². The summed E-state index contributed by atoms with van der Waals surface area (Å²) in [5.41, 5.74) is 2.25. The summed E-state index contributed by atoms with van der Waals surface area (Å²) in [6.07, 6.45) is 6.54. The van der Waals surface area contributed by atoms with Crippen LogP contribution < -0.4 is 15.4 Å². The molecule has 128 valence electrons. The predicted octanol–water partition coefficient (Wildman–Crippen LogP) is 4.14. The van der Waals surface area contributed by atoms with E-state index >= 15 is 0 Å². The molecule has 0 unspecified atom stereocenters. The number of aromatic nitrogens is 1. The van der Waals surface area contributed by atoms with Gasteiger partial charge in [-0.25, -0.2) is 0 Å². The Labute approximate surface area is 143 Å². The normalized spacial score (nSPS) is 10.2. The van der Waals surface area contributed by atoms with Gasteiger partial charge in [0.1, 0.15) is 5.75 Å². The summed E-state index contributed by atoms with van der Waals surface area (Å²) >= 11 is 0.